The van der Waals surface area contributed by atoms with Gasteiger partial charge in [0.25, 0.3) is 0 Å². The minimum atomic E-state index is 1.26. The van der Waals surface area contributed by atoms with Crippen LogP contribution in [0, 0.1) is 13.8 Å². The molecule has 0 radical (unpaired) electrons. The lowest BCUT2D eigenvalue weighted by Crippen LogP contribution is -1.89. The molecule has 0 fully saturated rings. The third-order valence-electron chi connectivity index (χ3n) is 6.44. The highest BCUT2D eigenvalue weighted by molar-refractivity contribution is 7.13. The van der Waals surface area contributed by atoms with Crippen LogP contribution in [0.2, 0.25) is 0 Å². The fourth-order valence-electron chi connectivity index (χ4n) is 4.94. The van der Waals surface area contributed by atoms with Crippen molar-refractivity contribution in [3.8, 4) is 10.0 Å². The van der Waals surface area contributed by atoms with Gasteiger partial charge in [0.1, 0.15) is 0 Å². The molecule has 4 heteroatoms. The summed E-state index contributed by atoms with van der Waals surface area (Å²) in [7, 11) is 0. The summed E-state index contributed by atoms with van der Waals surface area (Å²) in [6, 6.07) is 22.8. The van der Waals surface area contributed by atoms with Gasteiger partial charge in [-0.05, 0) is 93.7 Å². The van der Waals surface area contributed by atoms with Crippen LogP contribution in [0.3, 0.4) is 0 Å². The number of thiophene rings is 2. The van der Waals surface area contributed by atoms with Crippen LogP contribution in [-0.2, 0) is 0 Å². The van der Waals surface area contributed by atoms with E-state index >= 15 is 0 Å². The summed E-state index contributed by atoms with van der Waals surface area (Å²) >= 11 is 3.59. The van der Waals surface area contributed by atoms with Crippen molar-refractivity contribution in [1.29, 1.82) is 0 Å². The maximum atomic E-state index is 2.31. The Balaban J connectivity index is 1.47. The molecule has 7 rings (SSSR count). The van der Waals surface area contributed by atoms with Crippen LogP contribution in [0.15, 0.2) is 83.8 Å². The highest BCUT2D eigenvalue weighted by Crippen LogP contribution is 2.37. The minimum absolute atomic E-state index is 1.26. The lowest BCUT2D eigenvalue weighted by Gasteiger charge is -2.09. The van der Waals surface area contributed by atoms with Crippen molar-refractivity contribution < 1.29 is 0 Å². The molecule has 32 heavy (non-hydrogen) atoms. The maximum Gasteiger partial charge on any atom is 0.0997 e. The van der Waals surface area contributed by atoms with E-state index in [-0.39, 0.29) is 0 Å². The van der Waals surface area contributed by atoms with Gasteiger partial charge in [0.15, 0.2) is 0 Å². The van der Waals surface area contributed by atoms with Gasteiger partial charge in [-0.25, -0.2) is 0 Å². The molecule has 0 spiro atoms. The molecule has 0 aliphatic heterocycles. The summed E-state index contributed by atoms with van der Waals surface area (Å²) in [4.78, 5) is 0. The second-order valence-corrected chi connectivity index (χ2v) is 10.3. The highest BCUT2D eigenvalue weighted by Gasteiger charge is 2.13. The van der Waals surface area contributed by atoms with Gasteiger partial charge < -0.3 is 9.13 Å². The van der Waals surface area contributed by atoms with E-state index in [2.05, 4.69) is 107 Å². The van der Waals surface area contributed by atoms with Crippen molar-refractivity contribution in [1.82, 2.24) is 9.13 Å². The van der Waals surface area contributed by atoms with E-state index in [1.54, 1.807) is 22.7 Å². The SMILES string of the molecule is Cc1csc(-n2ccc3c4ccc5c(ccc6c5ccn6-c5cc(C)cs5)c4ccc32)c1. The average molecular weight is 449 g/mol. The molecule has 0 aliphatic rings. The Morgan fingerprint density at radius 3 is 1.31 bits per heavy atom. The largest absolute Gasteiger partial charge is 0.308 e. The molecular weight excluding hydrogens is 428 g/mol. The van der Waals surface area contributed by atoms with Crippen LogP contribution in [0.4, 0.5) is 0 Å². The van der Waals surface area contributed by atoms with Crippen LogP contribution in [0.25, 0.3) is 53.4 Å². The first-order chi connectivity index (χ1) is 15.7. The van der Waals surface area contributed by atoms with Crippen LogP contribution in [0.5, 0.6) is 0 Å². The lowest BCUT2D eigenvalue weighted by molar-refractivity contribution is 1.16. The second-order valence-electron chi connectivity index (χ2n) is 8.55. The van der Waals surface area contributed by atoms with Crippen molar-refractivity contribution in [2.45, 2.75) is 13.8 Å². The fourth-order valence-corrected chi connectivity index (χ4v) is 6.75. The molecule has 0 aliphatic carbocycles. The molecule has 0 N–H and O–H groups in total. The number of nitrogens with zero attached hydrogens (tertiary/aromatic N) is 2. The Morgan fingerprint density at radius 1 is 0.500 bits per heavy atom. The molecule has 0 atom stereocenters. The molecule has 3 aromatic carbocycles. The Bertz CT molecular complexity index is 1670. The lowest BCUT2D eigenvalue weighted by atomic mass is 9.98. The Morgan fingerprint density at radius 2 is 0.906 bits per heavy atom. The minimum Gasteiger partial charge on any atom is -0.308 e. The van der Waals surface area contributed by atoms with Crippen molar-refractivity contribution >= 4 is 66.0 Å². The van der Waals surface area contributed by atoms with Gasteiger partial charge in [-0.15, -0.1) is 22.7 Å². The molecule has 0 unspecified atom stereocenters. The highest BCUT2D eigenvalue weighted by atomic mass is 32.1. The van der Waals surface area contributed by atoms with Crippen LogP contribution < -0.4 is 0 Å². The van der Waals surface area contributed by atoms with Gasteiger partial charge >= 0.3 is 0 Å². The van der Waals surface area contributed by atoms with Gasteiger partial charge in [-0.2, -0.15) is 0 Å². The van der Waals surface area contributed by atoms with E-state index in [1.165, 1.54) is 64.5 Å². The molecule has 0 amide bonds. The molecule has 7 aromatic rings. The average Bonchev–Trinajstić information content (AvgIpc) is 3.58. The number of hydrogen-bond acceptors (Lipinski definition) is 2. The van der Waals surface area contributed by atoms with Crippen molar-refractivity contribution in [3.05, 3.63) is 94.9 Å². The monoisotopic (exact) mass is 448 g/mol. The number of hydrogen-bond donors (Lipinski definition) is 0. The van der Waals surface area contributed by atoms with E-state index in [4.69, 9.17) is 0 Å². The standard InChI is InChI=1S/C28H20N2S2/c1-17-13-27(31-15-17)29-11-9-23-21-3-4-22-20(19(21)5-7-25(23)29)6-8-26-24(22)10-12-30(26)28-14-18(2)16-32-28/h3-16H,1-2H3. The molecule has 0 bridgehead atoms. The number of aromatic nitrogens is 2. The first-order valence-corrected chi connectivity index (χ1v) is 12.5. The van der Waals surface area contributed by atoms with E-state index < -0.39 is 0 Å². The predicted octanol–water partition coefficient (Wildman–Crippen LogP) is 8.62. The van der Waals surface area contributed by atoms with Gasteiger partial charge in [0, 0.05) is 23.2 Å². The molecule has 4 aromatic heterocycles. The summed E-state index contributed by atoms with van der Waals surface area (Å²) in [5, 5.41) is 14.8. The van der Waals surface area contributed by atoms with Crippen molar-refractivity contribution in [3.63, 3.8) is 0 Å². The van der Waals surface area contributed by atoms with Crippen LogP contribution in [-0.4, -0.2) is 9.13 Å². The molecule has 2 nitrogen and oxygen atoms in total. The summed E-state index contributed by atoms with van der Waals surface area (Å²) in [5.41, 5.74) is 5.15. The smallest absolute Gasteiger partial charge is 0.0997 e. The summed E-state index contributed by atoms with van der Waals surface area (Å²) < 4.78 is 4.62. The molecule has 154 valence electrons. The van der Waals surface area contributed by atoms with E-state index in [1.807, 2.05) is 0 Å². The third-order valence-corrected chi connectivity index (χ3v) is 8.53. The Hall–Kier alpha value is -3.34. The summed E-state index contributed by atoms with van der Waals surface area (Å²) in [5.74, 6) is 0. The van der Waals surface area contributed by atoms with Gasteiger partial charge in [-0.3, -0.25) is 0 Å². The normalized spacial score (nSPS) is 12.1. The quantitative estimate of drug-likeness (QED) is 0.234. The van der Waals surface area contributed by atoms with E-state index in [9.17, 15) is 0 Å². The second kappa shape index (κ2) is 6.58. The van der Waals surface area contributed by atoms with E-state index in [0.717, 1.165) is 0 Å². The number of rotatable bonds is 2. The van der Waals surface area contributed by atoms with Gasteiger partial charge in [0.05, 0.1) is 21.0 Å². The molecule has 0 saturated carbocycles. The fraction of sp³-hybridized carbons (Fsp3) is 0.0714. The molecule has 4 heterocycles. The first kappa shape index (κ1) is 18.3. The van der Waals surface area contributed by atoms with Crippen molar-refractivity contribution in [2.75, 3.05) is 0 Å². The zero-order chi connectivity index (χ0) is 21.4. The number of aryl methyl sites for hydroxylation is 2. The van der Waals surface area contributed by atoms with Gasteiger partial charge in [-0.1, -0.05) is 24.3 Å². The molecule has 0 saturated heterocycles. The molecular formula is C28H20N2S2. The van der Waals surface area contributed by atoms with Crippen molar-refractivity contribution in [2.24, 2.45) is 0 Å². The Kier molecular flexibility index (Phi) is 3.75. The maximum absolute atomic E-state index is 2.31. The van der Waals surface area contributed by atoms with Gasteiger partial charge in [0.2, 0.25) is 0 Å². The zero-order valence-corrected chi connectivity index (χ0v) is 19.4. The van der Waals surface area contributed by atoms with Crippen LogP contribution in [0.1, 0.15) is 11.1 Å². The predicted molar refractivity (Wildman–Crippen MR) is 140 cm³/mol. The first-order valence-electron chi connectivity index (χ1n) is 10.7. The Labute approximate surface area is 193 Å². The van der Waals surface area contributed by atoms with E-state index in [0.29, 0.717) is 0 Å². The van der Waals surface area contributed by atoms with Crippen LogP contribution >= 0.6 is 22.7 Å². The number of fused-ring (bicyclic) bond motifs is 7. The summed E-state index contributed by atoms with van der Waals surface area (Å²) in [6.07, 6.45) is 4.40. The number of benzene rings is 3. The third kappa shape index (κ3) is 2.51. The summed E-state index contributed by atoms with van der Waals surface area (Å²) in [6.45, 7) is 4.31. The topological polar surface area (TPSA) is 9.86 Å². The zero-order valence-electron chi connectivity index (χ0n) is 17.8.